The molecule has 10 rings (SSSR count). The molecular formula is C47H30N4. The minimum Gasteiger partial charge on any atom is -0.292 e. The van der Waals surface area contributed by atoms with Gasteiger partial charge in [0.15, 0.2) is 5.82 Å². The first kappa shape index (κ1) is 29.0. The number of hydrogen-bond acceptors (Lipinski definition) is 3. The summed E-state index contributed by atoms with van der Waals surface area (Å²) in [7, 11) is 0. The lowest BCUT2D eigenvalue weighted by molar-refractivity contribution is 1.10. The molecule has 0 saturated carbocycles. The Morgan fingerprint density at radius 3 is 1.35 bits per heavy atom. The zero-order valence-corrected chi connectivity index (χ0v) is 27.6. The van der Waals surface area contributed by atoms with Crippen LogP contribution < -0.4 is 0 Å². The van der Waals surface area contributed by atoms with Crippen molar-refractivity contribution in [2.75, 3.05) is 0 Å². The second-order valence-corrected chi connectivity index (χ2v) is 13.0. The first-order chi connectivity index (χ1) is 25.2. The molecule has 4 heteroatoms. The zero-order valence-electron chi connectivity index (χ0n) is 27.6. The molecular weight excluding hydrogens is 621 g/mol. The molecule has 8 aromatic carbocycles. The second kappa shape index (κ2) is 11.9. The van der Waals surface area contributed by atoms with E-state index in [1.807, 2.05) is 6.07 Å². The summed E-state index contributed by atoms with van der Waals surface area (Å²) in [6.07, 6.45) is 0. The minimum atomic E-state index is 0.681. The second-order valence-electron chi connectivity index (χ2n) is 13.0. The highest BCUT2D eigenvalue weighted by atomic mass is 15.1. The van der Waals surface area contributed by atoms with Gasteiger partial charge in [-0.1, -0.05) is 121 Å². The van der Waals surface area contributed by atoms with Gasteiger partial charge in [-0.3, -0.25) is 4.57 Å². The Hall–Kier alpha value is -6.91. The highest BCUT2D eigenvalue weighted by molar-refractivity contribution is 5.91. The van der Waals surface area contributed by atoms with Crippen LogP contribution in [0.5, 0.6) is 0 Å². The maximum absolute atomic E-state index is 5.17. The Morgan fingerprint density at radius 2 is 0.784 bits per heavy atom. The van der Waals surface area contributed by atoms with E-state index in [2.05, 4.69) is 180 Å². The normalized spacial score (nSPS) is 11.5. The van der Waals surface area contributed by atoms with E-state index in [9.17, 15) is 0 Å². The van der Waals surface area contributed by atoms with Gasteiger partial charge in [-0.2, -0.15) is 0 Å². The number of aromatic nitrogens is 4. The molecule has 4 nitrogen and oxygen atoms in total. The van der Waals surface area contributed by atoms with Crippen LogP contribution in [0.4, 0.5) is 0 Å². The van der Waals surface area contributed by atoms with E-state index in [4.69, 9.17) is 15.0 Å². The third-order valence-corrected chi connectivity index (χ3v) is 9.77. The summed E-state index contributed by atoms with van der Waals surface area (Å²) in [4.78, 5) is 15.5. The summed E-state index contributed by atoms with van der Waals surface area (Å²) in [5.41, 5.74) is 8.94. The van der Waals surface area contributed by atoms with Gasteiger partial charge in [0.25, 0.3) is 0 Å². The standard InChI is InChI=1S/C47H30N4/c1-4-12-35-27-38(20-17-31(35)9-1)43-30-44(39-21-18-32-10-2-5-13-36(32)28-39)49-46(48-43)34-23-25-41(26-24-34)51-45-16-8-7-15-42(45)50-47(51)40-22-19-33-11-3-6-14-37(33)29-40/h1-30H. The van der Waals surface area contributed by atoms with Crippen molar-refractivity contribution in [1.82, 2.24) is 19.5 Å². The number of rotatable bonds is 5. The average molecular weight is 651 g/mol. The summed E-state index contributed by atoms with van der Waals surface area (Å²) >= 11 is 0. The Balaban J connectivity index is 1.11. The van der Waals surface area contributed by atoms with Gasteiger partial charge in [0.2, 0.25) is 0 Å². The van der Waals surface area contributed by atoms with E-state index in [-0.39, 0.29) is 0 Å². The molecule has 0 aliphatic rings. The van der Waals surface area contributed by atoms with Crippen LogP contribution in [0.1, 0.15) is 0 Å². The van der Waals surface area contributed by atoms with Crippen LogP contribution in [-0.2, 0) is 0 Å². The van der Waals surface area contributed by atoms with E-state index in [0.29, 0.717) is 5.82 Å². The van der Waals surface area contributed by atoms with Crippen molar-refractivity contribution in [1.29, 1.82) is 0 Å². The van der Waals surface area contributed by atoms with E-state index in [1.165, 1.54) is 32.3 Å². The SMILES string of the molecule is c1ccc2cc(-c3cc(-c4ccc5ccccc5c4)nc(-c4ccc(-n5c(-c6ccc7ccccc7c6)nc6ccccc65)cc4)n3)ccc2c1. The highest BCUT2D eigenvalue weighted by Gasteiger charge is 2.16. The largest absolute Gasteiger partial charge is 0.292 e. The van der Waals surface area contributed by atoms with E-state index >= 15 is 0 Å². The minimum absolute atomic E-state index is 0.681. The van der Waals surface area contributed by atoms with Gasteiger partial charge in [0.1, 0.15) is 5.82 Å². The van der Waals surface area contributed by atoms with Crippen molar-refractivity contribution in [2.45, 2.75) is 0 Å². The molecule has 0 fully saturated rings. The summed E-state index contributed by atoms with van der Waals surface area (Å²) in [6, 6.07) is 63.9. The molecule has 0 amide bonds. The first-order valence-electron chi connectivity index (χ1n) is 17.2. The van der Waals surface area contributed by atoms with Crippen molar-refractivity contribution >= 4 is 43.4 Å². The van der Waals surface area contributed by atoms with Crippen molar-refractivity contribution in [3.05, 3.63) is 182 Å². The number of benzene rings is 8. The van der Waals surface area contributed by atoms with Gasteiger partial charge >= 0.3 is 0 Å². The molecule has 51 heavy (non-hydrogen) atoms. The molecule has 0 aliphatic carbocycles. The van der Waals surface area contributed by atoms with Crippen molar-refractivity contribution in [2.24, 2.45) is 0 Å². The molecule has 2 aromatic heterocycles. The molecule has 0 saturated heterocycles. The fraction of sp³-hybridized carbons (Fsp3) is 0. The van der Waals surface area contributed by atoms with Crippen LogP contribution in [-0.4, -0.2) is 19.5 Å². The third kappa shape index (κ3) is 5.22. The molecule has 0 radical (unpaired) electrons. The molecule has 2 heterocycles. The van der Waals surface area contributed by atoms with Gasteiger partial charge in [-0.05, 0) is 93.0 Å². The molecule has 0 atom stereocenters. The Bertz CT molecular complexity index is 2820. The van der Waals surface area contributed by atoms with Crippen molar-refractivity contribution in [3.8, 4) is 51.0 Å². The monoisotopic (exact) mass is 650 g/mol. The fourth-order valence-electron chi connectivity index (χ4n) is 7.14. The average Bonchev–Trinajstić information content (AvgIpc) is 3.60. The van der Waals surface area contributed by atoms with Crippen LogP contribution in [0, 0.1) is 0 Å². The quantitative estimate of drug-likeness (QED) is 0.186. The van der Waals surface area contributed by atoms with Crippen molar-refractivity contribution < 1.29 is 0 Å². The Kier molecular flexibility index (Phi) is 6.78. The van der Waals surface area contributed by atoms with Crippen molar-refractivity contribution in [3.63, 3.8) is 0 Å². The first-order valence-corrected chi connectivity index (χ1v) is 17.2. The lowest BCUT2D eigenvalue weighted by Crippen LogP contribution is -1.99. The number of fused-ring (bicyclic) bond motifs is 4. The number of imidazole rings is 1. The molecule has 0 bridgehead atoms. The molecule has 0 N–H and O–H groups in total. The lowest BCUT2D eigenvalue weighted by Gasteiger charge is -2.13. The van der Waals surface area contributed by atoms with E-state index < -0.39 is 0 Å². The van der Waals surface area contributed by atoms with Gasteiger partial charge in [0, 0.05) is 27.9 Å². The molecule has 10 aromatic rings. The Labute approximate surface area is 295 Å². The maximum atomic E-state index is 5.17. The smallest absolute Gasteiger partial charge is 0.160 e. The van der Waals surface area contributed by atoms with Crippen LogP contribution >= 0.6 is 0 Å². The number of hydrogen-bond donors (Lipinski definition) is 0. The number of nitrogens with zero attached hydrogens (tertiary/aromatic N) is 4. The maximum Gasteiger partial charge on any atom is 0.160 e. The molecule has 0 aliphatic heterocycles. The molecule has 0 unspecified atom stereocenters. The van der Waals surface area contributed by atoms with Crippen LogP contribution in [0.15, 0.2) is 182 Å². The third-order valence-electron chi connectivity index (χ3n) is 9.77. The fourth-order valence-corrected chi connectivity index (χ4v) is 7.14. The van der Waals surface area contributed by atoms with Crippen LogP contribution in [0.25, 0.3) is 94.3 Å². The number of para-hydroxylation sites is 2. The van der Waals surface area contributed by atoms with E-state index in [0.717, 1.165) is 56.2 Å². The predicted molar refractivity (Wildman–Crippen MR) is 211 cm³/mol. The zero-order chi connectivity index (χ0) is 33.7. The summed E-state index contributed by atoms with van der Waals surface area (Å²) in [5.74, 6) is 1.59. The van der Waals surface area contributed by atoms with Gasteiger partial charge in [-0.25, -0.2) is 15.0 Å². The highest BCUT2D eigenvalue weighted by Crippen LogP contribution is 2.34. The Morgan fingerprint density at radius 1 is 0.333 bits per heavy atom. The van der Waals surface area contributed by atoms with Gasteiger partial charge in [0.05, 0.1) is 22.4 Å². The topological polar surface area (TPSA) is 43.6 Å². The predicted octanol–water partition coefficient (Wildman–Crippen LogP) is 11.9. The molecule has 0 spiro atoms. The van der Waals surface area contributed by atoms with Gasteiger partial charge < -0.3 is 0 Å². The van der Waals surface area contributed by atoms with E-state index in [1.54, 1.807) is 0 Å². The summed E-state index contributed by atoms with van der Waals surface area (Å²) < 4.78 is 2.25. The summed E-state index contributed by atoms with van der Waals surface area (Å²) in [5, 5.41) is 7.17. The van der Waals surface area contributed by atoms with Crippen LogP contribution in [0.2, 0.25) is 0 Å². The van der Waals surface area contributed by atoms with Crippen LogP contribution in [0.3, 0.4) is 0 Å². The summed E-state index contributed by atoms with van der Waals surface area (Å²) in [6.45, 7) is 0. The lowest BCUT2D eigenvalue weighted by atomic mass is 10.0. The molecule has 238 valence electrons. The van der Waals surface area contributed by atoms with Gasteiger partial charge in [-0.15, -0.1) is 0 Å².